The van der Waals surface area contributed by atoms with Gasteiger partial charge in [0.25, 0.3) is 0 Å². The maximum atomic E-state index is 12.6. The van der Waals surface area contributed by atoms with Crippen molar-refractivity contribution in [2.24, 2.45) is 0 Å². The van der Waals surface area contributed by atoms with E-state index in [2.05, 4.69) is 10.1 Å². The summed E-state index contributed by atoms with van der Waals surface area (Å²) >= 11 is 12.0. The molecule has 0 bridgehead atoms. The average molecular weight is 461 g/mol. The Morgan fingerprint density at radius 1 is 1.10 bits per heavy atom. The van der Waals surface area contributed by atoms with Crippen LogP contribution >= 0.6 is 23.2 Å². The molecule has 0 unspecified atom stereocenters. The lowest BCUT2D eigenvalue weighted by atomic mass is 10.2. The monoisotopic (exact) mass is 460 g/mol. The maximum Gasteiger partial charge on any atom is 0.337 e. The largest absolute Gasteiger partial charge is 0.495 e. The molecule has 0 aliphatic heterocycles. The minimum atomic E-state index is -3.86. The number of carbonyl (C=O) groups excluding carboxylic acids is 2. The van der Waals surface area contributed by atoms with Crippen LogP contribution in [0.15, 0.2) is 36.4 Å². The van der Waals surface area contributed by atoms with Gasteiger partial charge in [-0.2, -0.15) is 0 Å². The van der Waals surface area contributed by atoms with E-state index in [1.165, 1.54) is 50.6 Å². The highest BCUT2D eigenvalue weighted by molar-refractivity contribution is 7.92. The summed E-state index contributed by atoms with van der Waals surface area (Å²) in [5.41, 5.74) is 0.404. The third kappa shape index (κ3) is 5.75. The van der Waals surface area contributed by atoms with Gasteiger partial charge in [0.05, 0.1) is 42.4 Å². The summed E-state index contributed by atoms with van der Waals surface area (Å²) in [6.07, 6.45) is 0.950. The Kier molecular flexibility index (Phi) is 7.34. The molecule has 2 rings (SSSR count). The highest BCUT2D eigenvalue weighted by atomic mass is 35.5. The van der Waals surface area contributed by atoms with E-state index in [0.717, 1.165) is 10.6 Å². The van der Waals surface area contributed by atoms with Gasteiger partial charge in [-0.15, -0.1) is 0 Å². The Hall–Kier alpha value is -2.49. The molecule has 0 spiro atoms. The molecule has 1 N–H and O–H groups in total. The standard InChI is InChI=1S/C18H18Cl2N2O6S/c1-27-16-7-5-12(19)9-15(16)22(29(3,25)26)10-17(23)21-14-8-11(18(24)28-2)4-6-13(14)20/h4-9H,10H2,1-3H3,(H,21,23). The van der Waals surface area contributed by atoms with E-state index < -0.39 is 28.4 Å². The van der Waals surface area contributed by atoms with Gasteiger partial charge in [0.1, 0.15) is 12.3 Å². The summed E-state index contributed by atoms with van der Waals surface area (Å²) in [6, 6.07) is 8.57. The number of sulfonamides is 1. The first-order valence-electron chi connectivity index (χ1n) is 8.05. The number of anilines is 2. The van der Waals surface area contributed by atoms with Gasteiger partial charge in [-0.3, -0.25) is 9.10 Å². The first kappa shape index (κ1) is 22.8. The zero-order valence-electron chi connectivity index (χ0n) is 15.7. The number of nitrogens with zero attached hydrogens (tertiary/aromatic N) is 1. The van der Waals surface area contributed by atoms with Crippen LogP contribution in [-0.2, 0) is 19.6 Å². The summed E-state index contributed by atoms with van der Waals surface area (Å²) < 4.78 is 35.3. The second-order valence-corrected chi connectivity index (χ2v) is 8.57. The molecular weight excluding hydrogens is 443 g/mol. The fourth-order valence-electron chi connectivity index (χ4n) is 2.43. The van der Waals surface area contributed by atoms with Gasteiger partial charge in [0, 0.05) is 5.02 Å². The molecule has 2 aromatic rings. The predicted octanol–water partition coefficient (Wildman–Crippen LogP) is 3.19. The smallest absolute Gasteiger partial charge is 0.337 e. The number of methoxy groups -OCH3 is 2. The summed E-state index contributed by atoms with van der Waals surface area (Å²) in [5.74, 6) is -1.08. The molecule has 0 aliphatic rings. The number of halogens is 2. The van der Waals surface area contributed by atoms with Crippen molar-refractivity contribution in [3.05, 3.63) is 52.0 Å². The zero-order valence-corrected chi connectivity index (χ0v) is 18.1. The third-order valence-corrected chi connectivity index (χ3v) is 5.45. The summed E-state index contributed by atoms with van der Waals surface area (Å²) in [6.45, 7) is -0.575. The molecule has 0 heterocycles. The van der Waals surface area contributed by atoms with Crippen molar-refractivity contribution >= 4 is 56.5 Å². The number of hydrogen-bond acceptors (Lipinski definition) is 6. The number of benzene rings is 2. The minimum absolute atomic E-state index is 0.104. The van der Waals surface area contributed by atoms with E-state index in [1.807, 2.05) is 0 Å². The Bertz CT molecular complexity index is 1040. The molecule has 11 heteroatoms. The molecule has 29 heavy (non-hydrogen) atoms. The normalized spacial score (nSPS) is 10.9. The first-order chi connectivity index (χ1) is 13.6. The van der Waals surface area contributed by atoms with Gasteiger partial charge < -0.3 is 14.8 Å². The second kappa shape index (κ2) is 9.34. The molecule has 0 aliphatic carbocycles. The Morgan fingerprint density at radius 3 is 2.38 bits per heavy atom. The molecule has 2 aromatic carbocycles. The van der Waals surface area contributed by atoms with Gasteiger partial charge in [-0.05, 0) is 36.4 Å². The van der Waals surface area contributed by atoms with E-state index in [4.69, 9.17) is 27.9 Å². The molecule has 1 amide bonds. The number of hydrogen-bond donors (Lipinski definition) is 1. The van der Waals surface area contributed by atoms with Gasteiger partial charge in [0.2, 0.25) is 15.9 Å². The van der Waals surface area contributed by atoms with E-state index in [1.54, 1.807) is 0 Å². The predicted molar refractivity (Wildman–Crippen MR) is 112 cm³/mol. The van der Waals surface area contributed by atoms with Crippen LogP contribution in [0.4, 0.5) is 11.4 Å². The van der Waals surface area contributed by atoms with Crippen molar-refractivity contribution < 1.29 is 27.5 Å². The van der Waals surface area contributed by atoms with Crippen molar-refractivity contribution in [2.75, 3.05) is 36.6 Å². The molecule has 8 nitrogen and oxygen atoms in total. The number of amides is 1. The van der Waals surface area contributed by atoms with Crippen molar-refractivity contribution in [1.82, 2.24) is 0 Å². The highest BCUT2D eigenvalue weighted by Gasteiger charge is 2.25. The van der Waals surface area contributed by atoms with Crippen LogP contribution in [0.1, 0.15) is 10.4 Å². The third-order valence-electron chi connectivity index (χ3n) is 3.76. The number of esters is 1. The van der Waals surface area contributed by atoms with E-state index in [-0.39, 0.29) is 32.7 Å². The molecule has 156 valence electrons. The van der Waals surface area contributed by atoms with Crippen LogP contribution in [0.2, 0.25) is 10.0 Å². The fourth-order valence-corrected chi connectivity index (χ4v) is 3.61. The lowest BCUT2D eigenvalue weighted by Gasteiger charge is -2.24. The summed E-state index contributed by atoms with van der Waals surface area (Å²) in [4.78, 5) is 24.2. The maximum absolute atomic E-state index is 12.6. The number of ether oxygens (including phenoxy) is 2. The second-order valence-electron chi connectivity index (χ2n) is 5.82. The number of nitrogens with one attached hydrogen (secondary N) is 1. The SMILES string of the molecule is COC(=O)c1ccc(Cl)c(NC(=O)CN(c2cc(Cl)ccc2OC)S(C)(=O)=O)c1. The lowest BCUT2D eigenvalue weighted by Crippen LogP contribution is -2.37. The molecule has 0 fully saturated rings. The molecule has 0 aromatic heterocycles. The Morgan fingerprint density at radius 2 is 1.79 bits per heavy atom. The number of carbonyl (C=O) groups is 2. The summed E-state index contributed by atoms with van der Waals surface area (Å²) in [5, 5.41) is 2.93. The van der Waals surface area contributed by atoms with Gasteiger partial charge in [0.15, 0.2) is 0 Å². The Balaban J connectivity index is 2.34. The molecular formula is C18H18Cl2N2O6S. The van der Waals surface area contributed by atoms with E-state index in [9.17, 15) is 18.0 Å². The van der Waals surface area contributed by atoms with Gasteiger partial charge in [-0.25, -0.2) is 13.2 Å². The van der Waals surface area contributed by atoms with Gasteiger partial charge in [-0.1, -0.05) is 23.2 Å². The molecule has 0 saturated heterocycles. The summed E-state index contributed by atoms with van der Waals surface area (Å²) in [7, 11) is -1.28. The number of rotatable bonds is 7. The molecule has 0 radical (unpaired) electrons. The molecule has 0 atom stereocenters. The quantitative estimate of drug-likeness (QED) is 0.636. The lowest BCUT2D eigenvalue weighted by molar-refractivity contribution is -0.114. The fraction of sp³-hybridized carbons (Fsp3) is 0.222. The Labute approximate surface area is 178 Å². The van der Waals surface area contributed by atoms with Crippen LogP contribution < -0.4 is 14.4 Å². The van der Waals surface area contributed by atoms with Crippen LogP contribution in [-0.4, -0.2) is 47.3 Å². The van der Waals surface area contributed by atoms with Crippen molar-refractivity contribution in [2.45, 2.75) is 0 Å². The molecule has 0 saturated carbocycles. The average Bonchev–Trinajstić information content (AvgIpc) is 2.66. The van der Waals surface area contributed by atoms with Crippen molar-refractivity contribution in [3.63, 3.8) is 0 Å². The highest BCUT2D eigenvalue weighted by Crippen LogP contribution is 2.33. The van der Waals surface area contributed by atoms with Crippen LogP contribution in [0.25, 0.3) is 0 Å². The topological polar surface area (TPSA) is 102 Å². The van der Waals surface area contributed by atoms with Crippen LogP contribution in [0.3, 0.4) is 0 Å². The van der Waals surface area contributed by atoms with Crippen molar-refractivity contribution in [3.8, 4) is 5.75 Å². The van der Waals surface area contributed by atoms with E-state index in [0.29, 0.717) is 0 Å². The van der Waals surface area contributed by atoms with Crippen LogP contribution in [0, 0.1) is 0 Å². The minimum Gasteiger partial charge on any atom is -0.495 e. The zero-order chi connectivity index (χ0) is 21.8. The van der Waals surface area contributed by atoms with Gasteiger partial charge >= 0.3 is 5.97 Å². The van der Waals surface area contributed by atoms with Crippen molar-refractivity contribution in [1.29, 1.82) is 0 Å². The van der Waals surface area contributed by atoms with E-state index >= 15 is 0 Å². The first-order valence-corrected chi connectivity index (χ1v) is 10.7. The van der Waals surface area contributed by atoms with Crippen LogP contribution in [0.5, 0.6) is 5.75 Å².